The number of carbonyl (C=O) groups is 1. The molecular weight excluding hydrogens is 176 g/mol. The molecule has 1 saturated carbocycles. The fraction of sp³-hybridized carbons (Fsp3) is 0.417. The Bertz CT molecular complexity index is 422. The van der Waals surface area contributed by atoms with Crippen LogP contribution in [0.15, 0.2) is 18.2 Å². The number of rotatable bonds is 1. The molecule has 0 aliphatic heterocycles. The molecule has 72 valence electrons. The second kappa shape index (κ2) is 2.38. The van der Waals surface area contributed by atoms with Crippen LogP contribution in [0.25, 0.3) is 0 Å². The highest BCUT2D eigenvalue weighted by atomic mass is 16.4. The largest absolute Gasteiger partial charge is 0.481 e. The first-order valence-electron chi connectivity index (χ1n) is 5.01. The Kier molecular flexibility index (Phi) is 1.37. The van der Waals surface area contributed by atoms with Crippen molar-refractivity contribution in [1.82, 2.24) is 0 Å². The average Bonchev–Trinajstić information content (AvgIpc) is 2.73. The number of benzene rings is 1. The van der Waals surface area contributed by atoms with Crippen LogP contribution in [0, 0.1) is 18.8 Å². The highest BCUT2D eigenvalue weighted by Gasteiger charge is 2.59. The third-order valence-corrected chi connectivity index (χ3v) is 3.70. The van der Waals surface area contributed by atoms with Crippen molar-refractivity contribution in [2.75, 3.05) is 0 Å². The number of hydrogen-bond acceptors (Lipinski definition) is 1. The minimum Gasteiger partial charge on any atom is -0.481 e. The highest BCUT2D eigenvalue weighted by molar-refractivity contribution is 5.78. The van der Waals surface area contributed by atoms with Gasteiger partial charge in [0.1, 0.15) is 0 Å². The molecule has 0 amide bonds. The molecule has 14 heavy (non-hydrogen) atoms. The Labute approximate surface area is 82.6 Å². The molecule has 1 aromatic rings. The van der Waals surface area contributed by atoms with Gasteiger partial charge in [-0.25, -0.2) is 0 Å². The lowest BCUT2D eigenvalue weighted by atomic mass is 9.98. The van der Waals surface area contributed by atoms with Gasteiger partial charge in [0.15, 0.2) is 0 Å². The highest BCUT2D eigenvalue weighted by Crippen LogP contribution is 2.61. The van der Waals surface area contributed by atoms with E-state index in [0.717, 1.165) is 6.42 Å². The Morgan fingerprint density at radius 3 is 3.00 bits per heavy atom. The molecule has 1 N–H and O–H groups in total. The average molecular weight is 188 g/mol. The van der Waals surface area contributed by atoms with Crippen LogP contribution < -0.4 is 0 Å². The summed E-state index contributed by atoms with van der Waals surface area (Å²) in [6, 6.07) is 6.24. The van der Waals surface area contributed by atoms with Crippen LogP contribution in [-0.4, -0.2) is 11.1 Å². The number of aryl methyl sites for hydroxylation is 1. The first kappa shape index (κ1) is 8.04. The first-order chi connectivity index (χ1) is 6.70. The molecule has 0 radical (unpaired) electrons. The summed E-state index contributed by atoms with van der Waals surface area (Å²) < 4.78 is 0. The molecule has 2 aliphatic carbocycles. The molecule has 3 atom stereocenters. The molecule has 0 spiro atoms. The van der Waals surface area contributed by atoms with E-state index in [1.165, 1.54) is 16.7 Å². The second-order valence-corrected chi connectivity index (χ2v) is 4.40. The Hall–Kier alpha value is -1.31. The van der Waals surface area contributed by atoms with Crippen LogP contribution >= 0.6 is 0 Å². The molecule has 2 aliphatic rings. The van der Waals surface area contributed by atoms with Gasteiger partial charge in [-0.1, -0.05) is 18.2 Å². The molecule has 2 heteroatoms. The normalized spacial score (nSPS) is 32.2. The van der Waals surface area contributed by atoms with Gasteiger partial charge in [-0.3, -0.25) is 4.79 Å². The van der Waals surface area contributed by atoms with Gasteiger partial charge in [-0.2, -0.15) is 0 Å². The van der Waals surface area contributed by atoms with Gasteiger partial charge in [-0.05, 0) is 36.0 Å². The van der Waals surface area contributed by atoms with Crippen LogP contribution in [0.3, 0.4) is 0 Å². The van der Waals surface area contributed by atoms with E-state index in [4.69, 9.17) is 5.11 Å². The Balaban J connectivity index is 2.03. The van der Waals surface area contributed by atoms with E-state index in [-0.39, 0.29) is 5.92 Å². The SMILES string of the molecule is Cc1cccc2c1CC1C(C(=O)O)C21. The zero-order valence-corrected chi connectivity index (χ0v) is 8.03. The van der Waals surface area contributed by atoms with Gasteiger partial charge in [0.25, 0.3) is 0 Å². The summed E-state index contributed by atoms with van der Waals surface area (Å²) in [6.45, 7) is 2.11. The quantitative estimate of drug-likeness (QED) is 0.731. The fourth-order valence-corrected chi connectivity index (χ4v) is 2.94. The molecule has 2 nitrogen and oxygen atoms in total. The summed E-state index contributed by atoms with van der Waals surface area (Å²) in [5.74, 6) is 0.00227. The topological polar surface area (TPSA) is 37.3 Å². The molecule has 1 aromatic carbocycles. The van der Waals surface area contributed by atoms with Crippen molar-refractivity contribution in [3.63, 3.8) is 0 Å². The lowest BCUT2D eigenvalue weighted by molar-refractivity contribution is -0.139. The zero-order chi connectivity index (χ0) is 9.87. The van der Waals surface area contributed by atoms with Crippen molar-refractivity contribution in [2.45, 2.75) is 19.3 Å². The van der Waals surface area contributed by atoms with E-state index in [9.17, 15) is 4.79 Å². The molecular formula is C12H12O2. The lowest BCUT2D eigenvalue weighted by Crippen LogP contribution is -2.05. The van der Waals surface area contributed by atoms with Crippen molar-refractivity contribution in [2.24, 2.45) is 11.8 Å². The van der Waals surface area contributed by atoms with Crippen LogP contribution in [-0.2, 0) is 11.2 Å². The number of carboxylic acids is 1. The molecule has 3 unspecified atom stereocenters. The monoisotopic (exact) mass is 188 g/mol. The minimum absolute atomic E-state index is 0.0932. The van der Waals surface area contributed by atoms with E-state index in [1.807, 2.05) is 6.07 Å². The lowest BCUT2D eigenvalue weighted by Gasteiger charge is -2.07. The van der Waals surface area contributed by atoms with E-state index < -0.39 is 5.97 Å². The fourth-order valence-electron chi connectivity index (χ4n) is 2.94. The van der Waals surface area contributed by atoms with E-state index in [1.54, 1.807) is 0 Å². The predicted molar refractivity (Wildman–Crippen MR) is 52.2 cm³/mol. The van der Waals surface area contributed by atoms with Crippen molar-refractivity contribution in [3.8, 4) is 0 Å². The van der Waals surface area contributed by atoms with Gasteiger partial charge in [0.2, 0.25) is 0 Å². The van der Waals surface area contributed by atoms with Gasteiger partial charge in [-0.15, -0.1) is 0 Å². The zero-order valence-electron chi connectivity index (χ0n) is 8.03. The van der Waals surface area contributed by atoms with Crippen molar-refractivity contribution < 1.29 is 9.90 Å². The molecule has 0 bridgehead atoms. The molecule has 3 rings (SSSR count). The summed E-state index contributed by atoms with van der Waals surface area (Å²) in [7, 11) is 0. The number of hydrogen-bond donors (Lipinski definition) is 1. The molecule has 0 heterocycles. The standard InChI is InChI=1S/C12H12O2/c1-6-3-2-4-7-8(6)5-9-10(7)11(9)12(13)14/h2-4,9-11H,5H2,1H3,(H,13,14). The smallest absolute Gasteiger partial charge is 0.307 e. The number of carboxylic acid groups (broad SMARTS) is 1. The Morgan fingerprint density at radius 1 is 1.50 bits per heavy atom. The van der Waals surface area contributed by atoms with Gasteiger partial charge < -0.3 is 5.11 Å². The third kappa shape index (κ3) is 0.834. The molecule has 0 aromatic heterocycles. The minimum atomic E-state index is -0.618. The summed E-state index contributed by atoms with van der Waals surface area (Å²) in [5, 5.41) is 8.95. The molecule has 1 fully saturated rings. The number of aliphatic carboxylic acids is 1. The Morgan fingerprint density at radius 2 is 2.29 bits per heavy atom. The number of fused-ring (bicyclic) bond motifs is 3. The second-order valence-electron chi connectivity index (χ2n) is 4.40. The maximum absolute atomic E-state index is 10.9. The van der Waals surface area contributed by atoms with Crippen LogP contribution in [0.2, 0.25) is 0 Å². The van der Waals surface area contributed by atoms with Crippen molar-refractivity contribution in [1.29, 1.82) is 0 Å². The maximum atomic E-state index is 10.9. The summed E-state index contributed by atoms with van der Waals surface area (Å²) >= 11 is 0. The van der Waals surface area contributed by atoms with Crippen molar-refractivity contribution >= 4 is 5.97 Å². The predicted octanol–water partition coefficient (Wildman–Crippen LogP) is 1.97. The van der Waals surface area contributed by atoms with E-state index in [0.29, 0.717) is 11.8 Å². The van der Waals surface area contributed by atoms with Crippen molar-refractivity contribution in [3.05, 3.63) is 34.9 Å². The summed E-state index contributed by atoms with van der Waals surface area (Å²) in [5.41, 5.74) is 4.02. The van der Waals surface area contributed by atoms with E-state index >= 15 is 0 Å². The van der Waals surface area contributed by atoms with E-state index in [2.05, 4.69) is 19.1 Å². The van der Waals surface area contributed by atoms with Gasteiger partial charge >= 0.3 is 5.97 Å². The maximum Gasteiger partial charge on any atom is 0.307 e. The van der Waals surface area contributed by atoms with Crippen LogP contribution in [0.5, 0.6) is 0 Å². The van der Waals surface area contributed by atoms with Crippen LogP contribution in [0.4, 0.5) is 0 Å². The summed E-state index contributed by atoms with van der Waals surface area (Å²) in [6.07, 6.45) is 0.976. The first-order valence-corrected chi connectivity index (χ1v) is 5.01. The third-order valence-electron chi connectivity index (χ3n) is 3.70. The molecule has 0 saturated heterocycles. The van der Waals surface area contributed by atoms with Gasteiger partial charge in [0.05, 0.1) is 5.92 Å². The van der Waals surface area contributed by atoms with Crippen LogP contribution in [0.1, 0.15) is 22.6 Å². The van der Waals surface area contributed by atoms with Gasteiger partial charge in [0, 0.05) is 5.92 Å². The summed E-state index contributed by atoms with van der Waals surface area (Å²) in [4.78, 5) is 10.9.